The lowest BCUT2D eigenvalue weighted by Crippen LogP contribution is -2.23. The number of hydrogen-bond donors (Lipinski definition) is 3. The molecule has 0 atom stereocenters. The second kappa shape index (κ2) is 8.99. The van der Waals surface area contributed by atoms with Gasteiger partial charge in [-0.3, -0.25) is 9.59 Å². The normalized spacial score (nSPS) is 11.2. The molecule has 0 aliphatic carbocycles. The Morgan fingerprint density at radius 1 is 1.00 bits per heavy atom. The lowest BCUT2D eigenvalue weighted by molar-refractivity contribution is -0.117. The summed E-state index contributed by atoms with van der Waals surface area (Å²) < 4.78 is 27.5. The topological polar surface area (TPSA) is 118 Å². The van der Waals surface area contributed by atoms with E-state index in [1.165, 1.54) is 35.6 Å². The van der Waals surface area contributed by atoms with Crippen LogP contribution in [0.3, 0.4) is 0 Å². The molecule has 3 aromatic rings. The fourth-order valence-corrected chi connectivity index (χ4v) is 4.37. The largest absolute Gasteiger partial charge is 0.369 e. The van der Waals surface area contributed by atoms with Crippen molar-refractivity contribution < 1.29 is 18.0 Å². The predicted octanol–water partition coefficient (Wildman–Crippen LogP) is 2.51. The van der Waals surface area contributed by atoms with Crippen LogP contribution in [0.5, 0.6) is 0 Å². The van der Waals surface area contributed by atoms with Gasteiger partial charge >= 0.3 is 0 Å². The van der Waals surface area contributed by atoms with E-state index in [2.05, 4.69) is 10.0 Å². The molecule has 0 saturated carbocycles. The van der Waals surface area contributed by atoms with E-state index in [0.717, 1.165) is 10.4 Å². The Labute approximate surface area is 172 Å². The first kappa shape index (κ1) is 20.7. The molecule has 0 bridgehead atoms. The molecular formula is C20H19N3O4S2. The molecule has 3 rings (SSSR count). The van der Waals surface area contributed by atoms with Crippen molar-refractivity contribution in [2.75, 3.05) is 5.32 Å². The van der Waals surface area contributed by atoms with Crippen LogP contribution in [0.2, 0.25) is 0 Å². The van der Waals surface area contributed by atoms with Gasteiger partial charge in [-0.1, -0.05) is 24.3 Å². The van der Waals surface area contributed by atoms with E-state index >= 15 is 0 Å². The molecule has 0 spiro atoms. The molecule has 9 heteroatoms. The maximum absolute atomic E-state index is 12.5. The minimum atomic E-state index is -3.75. The summed E-state index contributed by atoms with van der Waals surface area (Å²) in [5.74, 6) is -0.879. The van der Waals surface area contributed by atoms with Crippen molar-refractivity contribution in [2.45, 2.75) is 17.9 Å². The third-order valence-corrected chi connectivity index (χ3v) is 6.29. The SMILES string of the molecule is NC(=O)Cc1ccc(NC(=O)c2cccc(S(=O)(=O)NCc3cccs3)c2)cc1. The first-order valence-corrected chi connectivity index (χ1v) is 11.0. The number of nitrogens with two attached hydrogens (primary N) is 1. The summed E-state index contributed by atoms with van der Waals surface area (Å²) in [4.78, 5) is 24.3. The number of carbonyl (C=O) groups is 2. The van der Waals surface area contributed by atoms with E-state index in [4.69, 9.17) is 5.73 Å². The lowest BCUT2D eigenvalue weighted by Gasteiger charge is -2.09. The zero-order chi connectivity index (χ0) is 20.9. The smallest absolute Gasteiger partial charge is 0.255 e. The molecule has 0 unspecified atom stereocenters. The molecule has 4 N–H and O–H groups in total. The van der Waals surface area contributed by atoms with Gasteiger partial charge in [0.15, 0.2) is 0 Å². The molecule has 0 fully saturated rings. The molecule has 0 radical (unpaired) electrons. The van der Waals surface area contributed by atoms with Crippen LogP contribution < -0.4 is 15.8 Å². The average molecular weight is 430 g/mol. The summed E-state index contributed by atoms with van der Waals surface area (Å²) in [6, 6.07) is 16.2. The molecule has 0 saturated heterocycles. The highest BCUT2D eigenvalue weighted by atomic mass is 32.2. The van der Waals surface area contributed by atoms with Gasteiger partial charge in [-0.05, 0) is 47.3 Å². The average Bonchev–Trinajstić information content (AvgIpc) is 3.21. The molecule has 1 heterocycles. The molecular weight excluding hydrogens is 410 g/mol. The molecule has 29 heavy (non-hydrogen) atoms. The number of amides is 2. The number of rotatable bonds is 8. The van der Waals surface area contributed by atoms with Gasteiger partial charge in [0.05, 0.1) is 11.3 Å². The Hall–Kier alpha value is -3.01. The van der Waals surface area contributed by atoms with Crippen LogP contribution in [0.4, 0.5) is 5.69 Å². The van der Waals surface area contributed by atoms with E-state index in [-0.39, 0.29) is 23.4 Å². The predicted molar refractivity (Wildman–Crippen MR) is 112 cm³/mol. The van der Waals surface area contributed by atoms with Gasteiger partial charge in [0.1, 0.15) is 0 Å². The van der Waals surface area contributed by atoms with E-state index in [9.17, 15) is 18.0 Å². The van der Waals surface area contributed by atoms with Gasteiger partial charge in [0.2, 0.25) is 15.9 Å². The fourth-order valence-electron chi connectivity index (χ4n) is 2.58. The van der Waals surface area contributed by atoms with Gasteiger partial charge in [0.25, 0.3) is 5.91 Å². The van der Waals surface area contributed by atoms with Crippen LogP contribution in [0.15, 0.2) is 70.9 Å². The summed E-state index contributed by atoms with van der Waals surface area (Å²) in [5, 5.41) is 4.57. The number of nitrogens with one attached hydrogen (secondary N) is 2. The van der Waals surface area contributed by atoms with Crippen LogP contribution >= 0.6 is 11.3 Å². The number of sulfonamides is 1. The van der Waals surface area contributed by atoms with Crippen LogP contribution in [0.1, 0.15) is 20.8 Å². The Bertz CT molecular complexity index is 1110. The molecule has 2 aromatic carbocycles. The van der Waals surface area contributed by atoms with Gasteiger partial charge in [-0.25, -0.2) is 13.1 Å². The summed E-state index contributed by atoms with van der Waals surface area (Å²) in [6.07, 6.45) is 0.118. The summed E-state index contributed by atoms with van der Waals surface area (Å²) in [7, 11) is -3.75. The van der Waals surface area contributed by atoms with Gasteiger partial charge in [0, 0.05) is 22.7 Å². The molecule has 7 nitrogen and oxygen atoms in total. The molecule has 1 aromatic heterocycles. The van der Waals surface area contributed by atoms with Gasteiger partial charge in [-0.15, -0.1) is 11.3 Å². The maximum atomic E-state index is 12.5. The highest BCUT2D eigenvalue weighted by Crippen LogP contribution is 2.16. The third kappa shape index (κ3) is 5.74. The van der Waals surface area contributed by atoms with Crippen LogP contribution in [-0.2, 0) is 27.8 Å². The van der Waals surface area contributed by atoms with E-state index in [1.807, 2.05) is 17.5 Å². The highest BCUT2D eigenvalue weighted by Gasteiger charge is 2.16. The Morgan fingerprint density at radius 3 is 2.41 bits per heavy atom. The van der Waals surface area contributed by atoms with E-state index in [0.29, 0.717) is 5.69 Å². The minimum absolute atomic E-state index is 0.0125. The number of anilines is 1. The Balaban J connectivity index is 1.69. The van der Waals surface area contributed by atoms with Crippen molar-refractivity contribution in [1.29, 1.82) is 0 Å². The van der Waals surface area contributed by atoms with Crippen molar-refractivity contribution in [3.05, 3.63) is 82.0 Å². The monoisotopic (exact) mass is 429 g/mol. The van der Waals surface area contributed by atoms with Crippen molar-refractivity contribution in [1.82, 2.24) is 4.72 Å². The van der Waals surface area contributed by atoms with Gasteiger partial charge < -0.3 is 11.1 Å². The number of thiophene rings is 1. The van der Waals surface area contributed by atoms with Crippen molar-refractivity contribution in [2.24, 2.45) is 5.73 Å². The summed E-state index contributed by atoms with van der Waals surface area (Å²) >= 11 is 1.46. The third-order valence-electron chi connectivity index (χ3n) is 4.01. The number of benzene rings is 2. The van der Waals surface area contributed by atoms with Crippen molar-refractivity contribution in [3.63, 3.8) is 0 Å². The Morgan fingerprint density at radius 2 is 1.76 bits per heavy atom. The Kier molecular flexibility index (Phi) is 6.42. The second-order valence-electron chi connectivity index (χ2n) is 6.23. The van der Waals surface area contributed by atoms with Crippen LogP contribution in [0.25, 0.3) is 0 Å². The van der Waals surface area contributed by atoms with Crippen LogP contribution in [0, 0.1) is 0 Å². The number of primary amides is 1. The number of carbonyl (C=O) groups excluding carboxylic acids is 2. The van der Waals surface area contributed by atoms with E-state index < -0.39 is 21.8 Å². The number of hydrogen-bond acceptors (Lipinski definition) is 5. The van der Waals surface area contributed by atoms with Crippen molar-refractivity contribution in [3.8, 4) is 0 Å². The fraction of sp³-hybridized carbons (Fsp3) is 0.100. The highest BCUT2D eigenvalue weighted by molar-refractivity contribution is 7.89. The molecule has 0 aliphatic heterocycles. The summed E-state index contributed by atoms with van der Waals surface area (Å²) in [5.41, 5.74) is 6.63. The van der Waals surface area contributed by atoms with E-state index in [1.54, 1.807) is 24.3 Å². The summed E-state index contributed by atoms with van der Waals surface area (Å²) in [6.45, 7) is 0.189. The lowest BCUT2D eigenvalue weighted by atomic mass is 10.1. The van der Waals surface area contributed by atoms with Crippen LogP contribution in [-0.4, -0.2) is 20.2 Å². The minimum Gasteiger partial charge on any atom is -0.369 e. The molecule has 150 valence electrons. The zero-order valence-electron chi connectivity index (χ0n) is 15.3. The zero-order valence-corrected chi connectivity index (χ0v) is 16.9. The quantitative estimate of drug-likeness (QED) is 0.510. The maximum Gasteiger partial charge on any atom is 0.255 e. The first-order valence-electron chi connectivity index (χ1n) is 8.64. The molecule has 0 aliphatic rings. The van der Waals surface area contributed by atoms with Crippen molar-refractivity contribution >= 4 is 38.9 Å². The molecule has 2 amide bonds. The van der Waals surface area contributed by atoms with Gasteiger partial charge in [-0.2, -0.15) is 0 Å². The first-order chi connectivity index (χ1) is 13.8. The second-order valence-corrected chi connectivity index (χ2v) is 9.03. The standard InChI is InChI=1S/C20H19N3O4S2/c21-19(24)11-14-6-8-16(9-7-14)23-20(25)15-3-1-5-18(12-15)29(26,27)22-13-17-4-2-10-28-17/h1-10,12,22H,11,13H2,(H2,21,24)(H,23,25).